The Balaban J connectivity index is 2.21. The van der Waals surface area contributed by atoms with Crippen LogP contribution in [0, 0.1) is 19.8 Å². The van der Waals surface area contributed by atoms with E-state index >= 15 is 0 Å². The average molecular weight is 328 g/mol. The van der Waals surface area contributed by atoms with Gasteiger partial charge in [-0.3, -0.25) is 19.6 Å². The third-order valence-corrected chi connectivity index (χ3v) is 3.77. The number of aromatic nitrogens is 3. The van der Waals surface area contributed by atoms with Gasteiger partial charge in [-0.1, -0.05) is 13.8 Å². The molecule has 1 amide bonds. The van der Waals surface area contributed by atoms with Gasteiger partial charge in [0.05, 0.1) is 24.1 Å². The van der Waals surface area contributed by atoms with Gasteiger partial charge in [-0.2, -0.15) is 0 Å². The minimum absolute atomic E-state index is 0.196. The van der Waals surface area contributed by atoms with Crippen molar-refractivity contribution in [3.63, 3.8) is 0 Å². The average Bonchev–Trinajstić information content (AvgIpc) is 2.52. The molecule has 128 valence electrons. The fourth-order valence-electron chi connectivity index (χ4n) is 2.30. The van der Waals surface area contributed by atoms with E-state index in [2.05, 4.69) is 29.1 Å². The SMILES string of the molecule is Cc1cnc(Cn2ccc(C)c(C(=O)NCCC(C)C)c2=O)cn1. The molecule has 1 N–H and O–H groups in total. The summed E-state index contributed by atoms with van der Waals surface area (Å²) in [6.45, 7) is 8.67. The molecule has 2 rings (SSSR count). The third-order valence-electron chi connectivity index (χ3n) is 3.77. The minimum Gasteiger partial charge on any atom is -0.352 e. The number of amides is 1. The van der Waals surface area contributed by atoms with Gasteiger partial charge in [-0.05, 0) is 37.8 Å². The monoisotopic (exact) mass is 328 g/mol. The van der Waals surface area contributed by atoms with E-state index in [1.54, 1.807) is 31.6 Å². The molecule has 2 heterocycles. The van der Waals surface area contributed by atoms with E-state index < -0.39 is 0 Å². The largest absolute Gasteiger partial charge is 0.352 e. The number of hydrogen-bond donors (Lipinski definition) is 1. The van der Waals surface area contributed by atoms with Crippen molar-refractivity contribution in [2.24, 2.45) is 5.92 Å². The molecule has 0 saturated heterocycles. The Bertz CT molecular complexity index is 764. The van der Waals surface area contributed by atoms with Crippen LogP contribution in [0.25, 0.3) is 0 Å². The summed E-state index contributed by atoms with van der Waals surface area (Å²) in [7, 11) is 0. The van der Waals surface area contributed by atoms with Crippen LogP contribution in [0.2, 0.25) is 0 Å². The molecule has 0 unspecified atom stereocenters. The summed E-state index contributed by atoms with van der Waals surface area (Å²) in [5.74, 6) is 0.182. The first-order valence-electron chi connectivity index (χ1n) is 8.14. The Morgan fingerprint density at radius 1 is 1.25 bits per heavy atom. The summed E-state index contributed by atoms with van der Waals surface area (Å²) in [5.41, 5.74) is 2.06. The van der Waals surface area contributed by atoms with Crippen molar-refractivity contribution in [1.29, 1.82) is 0 Å². The highest BCUT2D eigenvalue weighted by atomic mass is 16.2. The zero-order valence-electron chi connectivity index (χ0n) is 14.7. The van der Waals surface area contributed by atoms with Crippen molar-refractivity contribution in [1.82, 2.24) is 19.9 Å². The number of rotatable bonds is 6. The zero-order valence-corrected chi connectivity index (χ0v) is 14.7. The van der Waals surface area contributed by atoms with Crippen molar-refractivity contribution in [3.8, 4) is 0 Å². The Morgan fingerprint density at radius 3 is 2.62 bits per heavy atom. The molecule has 6 heteroatoms. The lowest BCUT2D eigenvalue weighted by Gasteiger charge is -2.11. The molecule has 0 radical (unpaired) electrons. The number of hydrogen-bond acceptors (Lipinski definition) is 4. The summed E-state index contributed by atoms with van der Waals surface area (Å²) >= 11 is 0. The molecule has 6 nitrogen and oxygen atoms in total. The van der Waals surface area contributed by atoms with Crippen LogP contribution < -0.4 is 10.9 Å². The Labute approximate surface area is 142 Å². The van der Waals surface area contributed by atoms with Crippen molar-refractivity contribution in [2.45, 2.75) is 40.7 Å². The van der Waals surface area contributed by atoms with Gasteiger partial charge in [-0.15, -0.1) is 0 Å². The van der Waals surface area contributed by atoms with Crippen LogP contribution in [-0.4, -0.2) is 27.0 Å². The molecule has 0 aliphatic carbocycles. The van der Waals surface area contributed by atoms with Gasteiger partial charge >= 0.3 is 0 Å². The van der Waals surface area contributed by atoms with E-state index in [4.69, 9.17) is 0 Å². The highest BCUT2D eigenvalue weighted by molar-refractivity contribution is 5.95. The van der Waals surface area contributed by atoms with Gasteiger partial charge < -0.3 is 9.88 Å². The number of pyridine rings is 1. The topological polar surface area (TPSA) is 76.9 Å². The Morgan fingerprint density at radius 2 is 2.00 bits per heavy atom. The van der Waals surface area contributed by atoms with Crippen molar-refractivity contribution < 1.29 is 4.79 Å². The molecule has 0 bridgehead atoms. The standard InChI is InChI=1S/C18H24N4O2/c1-12(2)5-7-19-17(23)16-13(3)6-8-22(18(16)24)11-15-10-20-14(4)9-21-15/h6,8-10,12H,5,7,11H2,1-4H3,(H,19,23). The first-order valence-corrected chi connectivity index (χ1v) is 8.14. The highest BCUT2D eigenvalue weighted by Gasteiger charge is 2.16. The van der Waals surface area contributed by atoms with Crippen LogP contribution in [0.15, 0.2) is 29.5 Å². The van der Waals surface area contributed by atoms with E-state index in [-0.39, 0.29) is 17.0 Å². The molecule has 0 fully saturated rings. The second-order valence-corrected chi connectivity index (χ2v) is 6.39. The lowest BCUT2D eigenvalue weighted by Crippen LogP contribution is -2.35. The molecule has 2 aromatic rings. The van der Waals surface area contributed by atoms with Gasteiger partial charge in [0.15, 0.2) is 0 Å². The maximum absolute atomic E-state index is 12.7. The predicted molar refractivity (Wildman–Crippen MR) is 93.1 cm³/mol. The normalized spacial score (nSPS) is 10.9. The molecular formula is C18H24N4O2. The second kappa shape index (κ2) is 7.86. The molecule has 0 spiro atoms. The molecule has 0 aromatic carbocycles. The van der Waals surface area contributed by atoms with Gasteiger partial charge in [0.2, 0.25) is 0 Å². The van der Waals surface area contributed by atoms with Crippen LogP contribution in [0.4, 0.5) is 0 Å². The Hall–Kier alpha value is -2.50. The lowest BCUT2D eigenvalue weighted by molar-refractivity contribution is 0.0949. The molecule has 0 aliphatic heterocycles. The van der Waals surface area contributed by atoms with Crippen LogP contribution in [0.5, 0.6) is 0 Å². The molecule has 0 aliphatic rings. The van der Waals surface area contributed by atoms with Crippen LogP contribution >= 0.6 is 0 Å². The zero-order chi connectivity index (χ0) is 17.7. The van der Waals surface area contributed by atoms with Crippen LogP contribution in [0.3, 0.4) is 0 Å². The van der Waals surface area contributed by atoms with Gasteiger partial charge in [0.1, 0.15) is 5.56 Å². The highest BCUT2D eigenvalue weighted by Crippen LogP contribution is 2.05. The van der Waals surface area contributed by atoms with Crippen LogP contribution in [-0.2, 0) is 6.54 Å². The fourth-order valence-corrected chi connectivity index (χ4v) is 2.30. The predicted octanol–water partition coefficient (Wildman–Crippen LogP) is 2.08. The fraction of sp³-hybridized carbons (Fsp3) is 0.444. The lowest BCUT2D eigenvalue weighted by atomic mass is 10.1. The maximum atomic E-state index is 12.7. The summed E-state index contributed by atoms with van der Waals surface area (Å²) in [6.07, 6.45) is 5.87. The molecule has 24 heavy (non-hydrogen) atoms. The van der Waals surface area contributed by atoms with E-state index in [0.29, 0.717) is 30.3 Å². The molecular weight excluding hydrogens is 304 g/mol. The first-order chi connectivity index (χ1) is 11.4. The number of carbonyl (C=O) groups is 1. The molecule has 2 aromatic heterocycles. The summed E-state index contributed by atoms with van der Waals surface area (Å²) in [5, 5.41) is 2.83. The van der Waals surface area contributed by atoms with Crippen molar-refractivity contribution in [3.05, 3.63) is 57.5 Å². The minimum atomic E-state index is -0.317. The number of nitrogens with one attached hydrogen (secondary N) is 1. The van der Waals surface area contributed by atoms with Gasteiger partial charge in [-0.25, -0.2) is 0 Å². The van der Waals surface area contributed by atoms with E-state index in [1.165, 1.54) is 4.57 Å². The van der Waals surface area contributed by atoms with Crippen molar-refractivity contribution >= 4 is 5.91 Å². The van der Waals surface area contributed by atoms with Crippen molar-refractivity contribution in [2.75, 3.05) is 6.54 Å². The first kappa shape index (κ1) is 17.8. The smallest absolute Gasteiger partial charge is 0.264 e. The van der Waals surface area contributed by atoms with Crippen LogP contribution in [0.1, 0.15) is 47.6 Å². The molecule has 0 saturated carbocycles. The number of aryl methyl sites for hydroxylation is 2. The number of carbonyl (C=O) groups excluding carboxylic acids is 1. The molecule has 0 atom stereocenters. The Kier molecular flexibility index (Phi) is 5.84. The summed E-state index contributed by atoms with van der Waals surface area (Å²) in [4.78, 5) is 33.5. The van der Waals surface area contributed by atoms with E-state index in [9.17, 15) is 9.59 Å². The van der Waals surface area contributed by atoms with E-state index in [0.717, 1.165) is 12.1 Å². The quantitative estimate of drug-likeness (QED) is 0.881. The second-order valence-electron chi connectivity index (χ2n) is 6.39. The van der Waals surface area contributed by atoms with Gasteiger partial charge in [0.25, 0.3) is 11.5 Å². The van der Waals surface area contributed by atoms with E-state index in [1.807, 2.05) is 6.92 Å². The maximum Gasteiger partial charge on any atom is 0.264 e. The number of nitrogens with zero attached hydrogens (tertiary/aromatic N) is 3. The summed E-state index contributed by atoms with van der Waals surface area (Å²) < 4.78 is 1.49. The summed E-state index contributed by atoms with van der Waals surface area (Å²) in [6, 6.07) is 1.78. The third kappa shape index (κ3) is 4.50. The van der Waals surface area contributed by atoms with Gasteiger partial charge in [0, 0.05) is 18.9 Å².